The number of aliphatic imine (C=N–C) groups is 1. The minimum Gasteiger partial charge on any atom is -0.481 e. The van der Waals surface area contributed by atoms with Gasteiger partial charge in [0.15, 0.2) is 5.96 Å². The van der Waals surface area contributed by atoms with Crippen molar-refractivity contribution < 1.29 is 24.2 Å². The van der Waals surface area contributed by atoms with Crippen LogP contribution in [0.1, 0.15) is 30.9 Å². The highest BCUT2D eigenvalue weighted by molar-refractivity contribution is 5.82. The predicted octanol–water partition coefficient (Wildman–Crippen LogP) is 1.26. The Kier molecular flexibility index (Phi) is 7.96. The molecule has 35 heavy (non-hydrogen) atoms. The molecule has 1 saturated heterocycles. The van der Waals surface area contributed by atoms with Gasteiger partial charge in [0.1, 0.15) is 6.61 Å². The summed E-state index contributed by atoms with van der Waals surface area (Å²) in [7, 11) is 0. The van der Waals surface area contributed by atoms with Gasteiger partial charge in [0, 0.05) is 37.1 Å². The van der Waals surface area contributed by atoms with Crippen molar-refractivity contribution in [2.24, 2.45) is 10.9 Å². The summed E-state index contributed by atoms with van der Waals surface area (Å²) in [6.07, 6.45) is 1.93. The van der Waals surface area contributed by atoms with E-state index in [0.29, 0.717) is 44.0 Å². The standard InChI is InChI=1S/C24H30N6O5/c31-21(32)14-20(18-13-17-3-1-2-4-19(17)28-15-18)29-22(33)16-5-10-30(11-6-16)24(34)35-12-9-27-23-25-7-8-26-23/h1-4,13,15-16,20H,5-12,14H2,(H,29,33)(H,31,32)(H2,25,26,27)/t20-/m0/s1. The van der Waals surface area contributed by atoms with E-state index in [4.69, 9.17) is 4.74 Å². The molecule has 4 N–H and O–H groups in total. The number of guanidine groups is 1. The number of pyridine rings is 1. The van der Waals surface area contributed by atoms with Crippen molar-refractivity contribution in [2.75, 3.05) is 39.3 Å². The number of aliphatic carboxylic acids is 1. The smallest absolute Gasteiger partial charge is 0.409 e. The molecule has 186 valence electrons. The fourth-order valence-corrected chi connectivity index (χ4v) is 4.23. The van der Waals surface area contributed by atoms with Crippen LogP contribution in [0.5, 0.6) is 0 Å². The first kappa shape index (κ1) is 24.2. The van der Waals surface area contributed by atoms with Crippen LogP contribution in [0.3, 0.4) is 0 Å². The molecule has 4 rings (SSSR count). The number of likely N-dealkylation sites (tertiary alicyclic amines) is 1. The molecule has 11 nitrogen and oxygen atoms in total. The van der Waals surface area contributed by atoms with Gasteiger partial charge >= 0.3 is 12.1 Å². The van der Waals surface area contributed by atoms with E-state index in [-0.39, 0.29) is 24.9 Å². The molecule has 1 fully saturated rings. The van der Waals surface area contributed by atoms with E-state index in [0.717, 1.165) is 24.0 Å². The van der Waals surface area contributed by atoms with Gasteiger partial charge in [-0.2, -0.15) is 0 Å². The molecule has 2 amide bonds. The van der Waals surface area contributed by atoms with E-state index in [1.807, 2.05) is 30.3 Å². The Morgan fingerprint density at radius 3 is 2.77 bits per heavy atom. The summed E-state index contributed by atoms with van der Waals surface area (Å²) in [5.41, 5.74) is 1.45. The van der Waals surface area contributed by atoms with Gasteiger partial charge in [-0.3, -0.25) is 19.6 Å². The third-order valence-electron chi connectivity index (χ3n) is 6.13. The number of aromatic nitrogens is 1. The molecule has 1 aromatic heterocycles. The summed E-state index contributed by atoms with van der Waals surface area (Å²) in [4.78, 5) is 46.9. The number of amides is 2. The molecule has 1 aromatic carbocycles. The molecular weight excluding hydrogens is 452 g/mol. The SMILES string of the molecule is O=C(O)C[C@H](NC(=O)C1CCN(C(=O)OCCNC2=NCCN2)CC1)c1cnc2ccccc2c1. The Morgan fingerprint density at radius 2 is 2.03 bits per heavy atom. The van der Waals surface area contributed by atoms with Gasteiger partial charge < -0.3 is 30.7 Å². The molecule has 2 aliphatic heterocycles. The fraction of sp³-hybridized carbons (Fsp3) is 0.458. The normalized spacial score (nSPS) is 16.8. The van der Waals surface area contributed by atoms with Crippen molar-refractivity contribution in [1.29, 1.82) is 0 Å². The maximum atomic E-state index is 13.0. The highest BCUT2D eigenvalue weighted by Gasteiger charge is 2.30. The molecule has 2 aromatic rings. The summed E-state index contributed by atoms with van der Waals surface area (Å²) >= 11 is 0. The number of piperidine rings is 1. The third-order valence-corrected chi connectivity index (χ3v) is 6.13. The minimum absolute atomic E-state index is 0.216. The number of fused-ring (bicyclic) bond motifs is 1. The molecule has 0 bridgehead atoms. The zero-order chi connectivity index (χ0) is 24.6. The topological polar surface area (TPSA) is 145 Å². The average molecular weight is 483 g/mol. The minimum atomic E-state index is -1.01. The van der Waals surface area contributed by atoms with E-state index in [1.165, 1.54) is 0 Å². The van der Waals surface area contributed by atoms with Crippen LogP contribution in [-0.2, 0) is 14.3 Å². The number of carbonyl (C=O) groups excluding carboxylic acids is 2. The van der Waals surface area contributed by atoms with Gasteiger partial charge in [0.05, 0.1) is 31.1 Å². The quantitative estimate of drug-likeness (QED) is 0.412. The third kappa shape index (κ3) is 6.58. The van der Waals surface area contributed by atoms with Crippen molar-refractivity contribution in [3.63, 3.8) is 0 Å². The number of carbonyl (C=O) groups is 3. The molecule has 1 atom stereocenters. The number of para-hydroxylation sites is 1. The van der Waals surface area contributed by atoms with Gasteiger partial charge in [-0.15, -0.1) is 0 Å². The van der Waals surface area contributed by atoms with Crippen LogP contribution in [0.2, 0.25) is 0 Å². The lowest BCUT2D eigenvalue weighted by Crippen LogP contribution is -2.44. The Labute approximate surface area is 202 Å². The molecule has 0 radical (unpaired) electrons. The highest BCUT2D eigenvalue weighted by Crippen LogP contribution is 2.24. The summed E-state index contributed by atoms with van der Waals surface area (Å²) in [5, 5.41) is 19.3. The van der Waals surface area contributed by atoms with Crippen LogP contribution in [0.25, 0.3) is 10.9 Å². The van der Waals surface area contributed by atoms with E-state index in [2.05, 4.69) is 25.9 Å². The first-order chi connectivity index (χ1) is 17.0. The Balaban J connectivity index is 1.26. The molecule has 0 saturated carbocycles. The second-order valence-corrected chi connectivity index (χ2v) is 8.58. The lowest BCUT2D eigenvalue weighted by atomic mass is 9.94. The van der Waals surface area contributed by atoms with Crippen molar-refractivity contribution in [3.8, 4) is 0 Å². The summed E-state index contributed by atoms with van der Waals surface area (Å²) < 4.78 is 5.31. The van der Waals surface area contributed by atoms with E-state index in [1.54, 1.807) is 11.1 Å². The Bertz CT molecular complexity index is 1100. The van der Waals surface area contributed by atoms with Gasteiger partial charge in [0.25, 0.3) is 0 Å². The number of rotatable bonds is 8. The van der Waals surface area contributed by atoms with Crippen LogP contribution in [0, 0.1) is 5.92 Å². The lowest BCUT2D eigenvalue weighted by Gasteiger charge is -2.31. The van der Waals surface area contributed by atoms with Crippen LogP contribution in [0.15, 0.2) is 41.5 Å². The molecule has 0 aliphatic carbocycles. The van der Waals surface area contributed by atoms with E-state index < -0.39 is 18.1 Å². The zero-order valence-corrected chi connectivity index (χ0v) is 19.4. The van der Waals surface area contributed by atoms with E-state index in [9.17, 15) is 19.5 Å². The maximum Gasteiger partial charge on any atom is 0.409 e. The lowest BCUT2D eigenvalue weighted by molar-refractivity contribution is -0.138. The molecule has 0 spiro atoms. The predicted molar refractivity (Wildman–Crippen MR) is 129 cm³/mol. The Morgan fingerprint density at radius 1 is 1.23 bits per heavy atom. The number of ether oxygens (including phenoxy) is 1. The van der Waals surface area contributed by atoms with Gasteiger partial charge in [-0.1, -0.05) is 18.2 Å². The van der Waals surface area contributed by atoms with Crippen molar-refractivity contribution in [1.82, 2.24) is 25.8 Å². The molecular formula is C24H30N6O5. The Hall–Kier alpha value is -3.89. The number of hydrogen-bond donors (Lipinski definition) is 4. The number of nitrogens with one attached hydrogen (secondary N) is 3. The van der Waals surface area contributed by atoms with Crippen molar-refractivity contribution in [2.45, 2.75) is 25.3 Å². The first-order valence-electron chi connectivity index (χ1n) is 11.8. The van der Waals surface area contributed by atoms with Gasteiger partial charge in [-0.25, -0.2) is 4.79 Å². The highest BCUT2D eigenvalue weighted by atomic mass is 16.6. The maximum absolute atomic E-state index is 13.0. The zero-order valence-electron chi connectivity index (χ0n) is 19.4. The molecule has 11 heteroatoms. The largest absolute Gasteiger partial charge is 0.481 e. The van der Waals surface area contributed by atoms with Crippen LogP contribution in [0.4, 0.5) is 4.79 Å². The molecule has 0 unspecified atom stereocenters. The van der Waals surface area contributed by atoms with Crippen LogP contribution < -0.4 is 16.0 Å². The number of nitrogens with zero attached hydrogens (tertiary/aromatic N) is 3. The second kappa shape index (κ2) is 11.5. The molecule has 3 heterocycles. The van der Waals surface area contributed by atoms with Gasteiger partial charge in [-0.05, 0) is 30.5 Å². The summed E-state index contributed by atoms with van der Waals surface area (Å²) in [6, 6.07) is 8.71. The number of carboxylic acids is 1. The van der Waals surface area contributed by atoms with Crippen LogP contribution >= 0.6 is 0 Å². The second-order valence-electron chi connectivity index (χ2n) is 8.58. The first-order valence-corrected chi connectivity index (χ1v) is 11.8. The monoisotopic (exact) mass is 482 g/mol. The average Bonchev–Trinajstić information content (AvgIpc) is 3.39. The number of benzene rings is 1. The number of hydrogen-bond acceptors (Lipinski definition) is 8. The summed E-state index contributed by atoms with van der Waals surface area (Å²) in [5.74, 6) is -0.816. The fourth-order valence-electron chi connectivity index (χ4n) is 4.23. The van der Waals surface area contributed by atoms with Crippen molar-refractivity contribution >= 4 is 34.8 Å². The van der Waals surface area contributed by atoms with Crippen LogP contribution in [-0.4, -0.2) is 78.3 Å². The van der Waals surface area contributed by atoms with E-state index >= 15 is 0 Å². The number of carboxylic acid groups (broad SMARTS) is 1. The molecule has 2 aliphatic rings. The van der Waals surface area contributed by atoms with Crippen molar-refractivity contribution in [3.05, 3.63) is 42.1 Å². The summed E-state index contributed by atoms with van der Waals surface area (Å²) in [6.45, 7) is 3.03. The van der Waals surface area contributed by atoms with Gasteiger partial charge in [0.2, 0.25) is 5.91 Å².